The van der Waals surface area contributed by atoms with Crippen molar-refractivity contribution in [2.45, 2.75) is 13.0 Å². The summed E-state index contributed by atoms with van der Waals surface area (Å²) in [5, 5.41) is 3.17. The molecule has 0 aliphatic heterocycles. The zero-order valence-electron chi connectivity index (χ0n) is 10.2. The standard InChI is InChI=1S/C12H13BrFN5/c1-7(8-3-2-4-9(14)5-8)17-11-10(13)6-16-12(18-11)19-15/h2-7H,15H2,1H3,(H2,16,17,18,19). The first-order valence-electron chi connectivity index (χ1n) is 5.61. The summed E-state index contributed by atoms with van der Waals surface area (Å²) in [6.07, 6.45) is 1.59. The zero-order chi connectivity index (χ0) is 13.8. The zero-order valence-corrected chi connectivity index (χ0v) is 11.8. The second-order valence-corrected chi connectivity index (χ2v) is 4.81. The summed E-state index contributed by atoms with van der Waals surface area (Å²) in [5.41, 5.74) is 3.20. The lowest BCUT2D eigenvalue weighted by molar-refractivity contribution is 0.623. The molecule has 4 N–H and O–H groups in total. The molecule has 7 heteroatoms. The van der Waals surface area contributed by atoms with Crippen LogP contribution in [0.25, 0.3) is 0 Å². The number of hydrazine groups is 1. The minimum atomic E-state index is -0.266. The van der Waals surface area contributed by atoms with Crippen LogP contribution in [0.3, 0.4) is 0 Å². The van der Waals surface area contributed by atoms with E-state index >= 15 is 0 Å². The SMILES string of the molecule is CC(Nc1nc(NN)ncc1Br)c1cccc(F)c1. The monoisotopic (exact) mass is 325 g/mol. The molecule has 1 unspecified atom stereocenters. The molecule has 100 valence electrons. The van der Waals surface area contributed by atoms with Crippen molar-refractivity contribution in [2.24, 2.45) is 5.84 Å². The number of aromatic nitrogens is 2. The fourth-order valence-electron chi connectivity index (χ4n) is 1.60. The van der Waals surface area contributed by atoms with Gasteiger partial charge in [-0.2, -0.15) is 4.98 Å². The number of nitrogens with two attached hydrogens (primary N) is 1. The van der Waals surface area contributed by atoms with Gasteiger partial charge < -0.3 is 5.32 Å². The number of anilines is 2. The van der Waals surface area contributed by atoms with Crippen LogP contribution in [0, 0.1) is 5.82 Å². The summed E-state index contributed by atoms with van der Waals surface area (Å²) in [6.45, 7) is 1.92. The Morgan fingerprint density at radius 2 is 2.21 bits per heavy atom. The molecular formula is C12H13BrFN5. The lowest BCUT2D eigenvalue weighted by Crippen LogP contribution is -2.13. The quantitative estimate of drug-likeness (QED) is 0.595. The van der Waals surface area contributed by atoms with Gasteiger partial charge in [-0.15, -0.1) is 0 Å². The molecule has 5 nitrogen and oxygen atoms in total. The van der Waals surface area contributed by atoms with Crippen LogP contribution in [0.2, 0.25) is 0 Å². The van der Waals surface area contributed by atoms with Crippen LogP contribution in [-0.2, 0) is 0 Å². The van der Waals surface area contributed by atoms with Gasteiger partial charge in [0, 0.05) is 6.20 Å². The first-order chi connectivity index (χ1) is 9.10. The molecule has 0 saturated heterocycles. The normalized spacial score (nSPS) is 12.0. The largest absolute Gasteiger partial charge is 0.362 e. The number of nitrogens with one attached hydrogen (secondary N) is 2. The fourth-order valence-corrected chi connectivity index (χ4v) is 1.91. The van der Waals surface area contributed by atoms with Crippen molar-refractivity contribution in [1.82, 2.24) is 9.97 Å². The van der Waals surface area contributed by atoms with Crippen molar-refractivity contribution in [1.29, 1.82) is 0 Å². The Labute approximate surface area is 118 Å². The van der Waals surface area contributed by atoms with E-state index in [9.17, 15) is 4.39 Å². The summed E-state index contributed by atoms with van der Waals surface area (Å²) in [5.74, 6) is 5.88. The molecule has 1 atom stereocenters. The van der Waals surface area contributed by atoms with Gasteiger partial charge in [0.05, 0.1) is 10.5 Å². The lowest BCUT2D eigenvalue weighted by Gasteiger charge is -2.16. The highest BCUT2D eigenvalue weighted by Crippen LogP contribution is 2.25. The number of nitrogens with zero attached hydrogens (tertiary/aromatic N) is 2. The third-order valence-corrected chi connectivity index (χ3v) is 3.16. The van der Waals surface area contributed by atoms with E-state index in [1.807, 2.05) is 13.0 Å². The average molecular weight is 326 g/mol. The molecule has 0 bridgehead atoms. The van der Waals surface area contributed by atoms with E-state index in [0.717, 1.165) is 5.56 Å². The number of hydrogen-bond acceptors (Lipinski definition) is 5. The fraction of sp³-hybridized carbons (Fsp3) is 0.167. The first kappa shape index (κ1) is 13.7. The molecule has 1 heterocycles. The smallest absolute Gasteiger partial charge is 0.239 e. The van der Waals surface area contributed by atoms with Gasteiger partial charge in [0.2, 0.25) is 5.95 Å². The van der Waals surface area contributed by atoms with E-state index in [1.54, 1.807) is 12.3 Å². The molecule has 0 aliphatic rings. The molecule has 1 aromatic heterocycles. The first-order valence-corrected chi connectivity index (χ1v) is 6.40. The molecule has 0 fully saturated rings. The maximum atomic E-state index is 13.2. The Hall–Kier alpha value is -1.73. The van der Waals surface area contributed by atoms with Gasteiger partial charge in [-0.3, -0.25) is 5.43 Å². The number of hydrogen-bond donors (Lipinski definition) is 3. The van der Waals surface area contributed by atoms with Crippen LogP contribution in [-0.4, -0.2) is 9.97 Å². The molecule has 0 radical (unpaired) electrons. The summed E-state index contributed by atoms with van der Waals surface area (Å²) >= 11 is 3.34. The van der Waals surface area contributed by atoms with Crippen LogP contribution in [0.4, 0.5) is 16.2 Å². The Morgan fingerprint density at radius 3 is 2.89 bits per heavy atom. The Bertz CT molecular complexity index is 578. The summed E-state index contributed by atoms with van der Waals surface area (Å²) in [6, 6.07) is 6.30. The van der Waals surface area contributed by atoms with Crippen LogP contribution in [0.5, 0.6) is 0 Å². The van der Waals surface area contributed by atoms with Crippen molar-refractivity contribution in [3.63, 3.8) is 0 Å². The molecule has 19 heavy (non-hydrogen) atoms. The van der Waals surface area contributed by atoms with E-state index < -0.39 is 0 Å². The van der Waals surface area contributed by atoms with E-state index in [4.69, 9.17) is 5.84 Å². The number of nitrogen functional groups attached to an aromatic ring is 1. The molecular weight excluding hydrogens is 313 g/mol. The summed E-state index contributed by atoms with van der Waals surface area (Å²) in [4.78, 5) is 8.14. The van der Waals surface area contributed by atoms with Crippen molar-refractivity contribution < 1.29 is 4.39 Å². The van der Waals surface area contributed by atoms with Crippen molar-refractivity contribution in [2.75, 3.05) is 10.7 Å². The second kappa shape index (κ2) is 5.94. The summed E-state index contributed by atoms with van der Waals surface area (Å²) in [7, 11) is 0. The molecule has 0 saturated carbocycles. The molecule has 0 spiro atoms. The van der Waals surface area contributed by atoms with Gasteiger partial charge in [0.25, 0.3) is 0 Å². The molecule has 0 amide bonds. The Morgan fingerprint density at radius 1 is 1.42 bits per heavy atom. The third-order valence-electron chi connectivity index (χ3n) is 2.58. The molecule has 2 aromatic rings. The van der Waals surface area contributed by atoms with Gasteiger partial charge >= 0.3 is 0 Å². The predicted molar refractivity (Wildman–Crippen MR) is 76.0 cm³/mol. The highest BCUT2D eigenvalue weighted by Gasteiger charge is 2.10. The van der Waals surface area contributed by atoms with Crippen LogP contribution in [0.1, 0.15) is 18.5 Å². The predicted octanol–water partition coefficient (Wildman–Crippen LogP) is 2.84. The Balaban J connectivity index is 2.21. The highest BCUT2D eigenvalue weighted by molar-refractivity contribution is 9.10. The van der Waals surface area contributed by atoms with E-state index in [0.29, 0.717) is 16.2 Å². The minimum absolute atomic E-state index is 0.104. The molecule has 2 rings (SSSR count). The van der Waals surface area contributed by atoms with Gasteiger partial charge in [-0.05, 0) is 40.5 Å². The van der Waals surface area contributed by atoms with Crippen molar-refractivity contribution in [3.05, 3.63) is 46.3 Å². The second-order valence-electron chi connectivity index (χ2n) is 3.96. The van der Waals surface area contributed by atoms with Crippen LogP contribution >= 0.6 is 15.9 Å². The number of halogens is 2. The maximum absolute atomic E-state index is 13.2. The van der Waals surface area contributed by atoms with Crippen molar-refractivity contribution in [3.8, 4) is 0 Å². The maximum Gasteiger partial charge on any atom is 0.239 e. The van der Waals surface area contributed by atoms with Crippen LogP contribution < -0.4 is 16.6 Å². The lowest BCUT2D eigenvalue weighted by atomic mass is 10.1. The van der Waals surface area contributed by atoms with Gasteiger partial charge in [-0.25, -0.2) is 15.2 Å². The van der Waals surface area contributed by atoms with Gasteiger partial charge in [0.15, 0.2) is 0 Å². The topological polar surface area (TPSA) is 75.9 Å². The van der Waals surface area contributed by atoms with Crippen LogP contribution in [0.15, 0.2) is 34.9 Å². The van der Waals surface area contributed by atoms with Gasteiger partial charge in [-0.1, -0.05) is 12.1 Å². The number of benzene rings is 1. The Kier molecular flexibility index (Phi) is 4.28. The average Bonchev–Trinajstić information content (AvgIpc) is 2.41. The van der Waals surface area contributed by atoms with E-state index in [2.05, 4.69) is 36.6 Å². The third kappa shape index (κ3) is 3.39. The van der Waals surface area contributed by atoms with Crippen molar-refractivity contribution >= 4 is 27.7 Å². The summed E-state index contributed by atoms with van der Waals surface area (Å²) < 4.78 is 13.9. The molecule has 0 aliphatic carbocycles. The number of rotatable bonds is 4. The van der Waals surface area contributed by atoms with E-state index in [-0.39, 0.29) is 11.9 Å². The molecule has 1 aromatic carbocycles. The van der Waals surface area contributed by atoms with E-state index in [1.165, 1.54) is 12.1 Å². The van der Waals surface area contributed by atoms with Gasteiger partial charge in [0.1, 0.15) is 11.6 Å². The highest BCUT2D eigenvalue weighted by atomic mass is 79.9. The minimum Gasteiger partial charge on any atom is -0.362 e.